The third-order valence-corrected chi connectivity index (χ3v) is 11.3. The highest BCUT2D eigenvalue weighted by Gasteiger charge is 2.17. The lowest BCUT2D eigenvalue weighted by atomic mass is 10.0. The van der Waals surface area contributed by atoms with Gasteiger partial charge in [-0.05, 0) is 70.6 Å². The third-order valence-electron chi connectivity index (χ3n) is 11.3. The van der Waals surface area contributed by atoms with E-state index in [-0.39, 0.29) is 12.5 Å². The zero-order valence-corrected chi connectivity index (χ0v) is 37.7. The lowest BCUT2D eigenvalue weighted by Gasteiger charge is -2.19. The van der Waals surface area contributed by atoms with Crippen LogP contribution in [0.5, 0.6) is 0 Å². The summed E-state index contributed by atoms with van der Waals surface area (Å²) in [5.74, 6) is -0.0798. The van der Waals surface area contributed by atoms with E-state index >= 15 is 0 Å². The van der Waals surface area contributed by atoms with E-state index in [1.54, 1.807) is 6.08 Å². The SMILES string of the molecule is CCCCCCCCCCCC/C=C/CC/C=C/CC/C=C/C(O)C(CO)NC(=O)CCCCCCCCCC/C=C\CCCCCCCCCCCCCC. The second kappa shape index (κ2) is 47.7. The molecule has 0 aliphatic rings. The molecule has 4 heteroatoms. The fourth-order valence-corrected chi connectivity index (χ4v) is 7.44. The topological polar surface area (TPSA) is 69.6 Å². The van der Waals surface area contributed by atoms with Crippen molar-refractivity contribution >= 4 is 5.91 Å². The molecule has 0 aliphatic heterocycles. The van der Waals surface area contributed by atoms with Crippen LogP contribution >= 0.6 is 0 Å². The second-order valence-electron chi connectivity index (χ2n) is 16.9. The maximum Gasteiger partial charge on any atom is 0.220 e. The number of hydrogen-bond donors (Lipinski definition) is 3. The van der Waals surface area contributed by atoms with E-state index in [4.69, 9.17) is 0 Å². The number of nitrogens with one attached hydrogen (secondary N) is 1. The number of allylic oxidation sites excluding steroid dienone is 7. The zero-order chi connectivity index (χ0) is 40.7. The van der Waals surface area contributed by atoms with Gasteiger partial charge in [0.2, 0.25) is 5.91 Å². The third kappa shape index (κ3) is 43.5. The minimum absolute atomic E-state index is 0.0798. The van der Waals surface area contributed by atoms with Crippen LogP contribution in [-0.2, 0) is 4.79 Å². The lowest BCUT2D eigenvalue weighted by molar-refractivity contribution is -0.123. The average molecular weight is 784 g/mol. The van der Waals surface area contributed by atoms with Gasteiger partial charge in [0.05, 0.1) is 18.8 Å². The number of carbonyl (C=O) groups excluding carboxylic acids is 1. The van der Waals surface area contributed by atoms with Crippen LogP contribution in [0.2, 0.25) is 0 Å². The molecule has 0 fully saturated rings. The molecule has 0 aromatic carbocycles. The molecule has 0 rings (SSSR count). The predicted octanol–water partition coefficient (Wildman–Crippen LogP) is 15.9. The average Bonchev–Trinajstić information content (AvgIpc) is 3.20. The fourth-order valence-electron chi connectivity index (χ4n) is 7.44. The highest BCUT2D eigenvalue weighted by Crippen LogP contribution is 2.15. The first kappa shape index (κ1) is 54.3. The molecule has 3 N–H and O–H groups in total. The van der Waals surface area contributed by atoms with Crippen molar-refractivity contribution in [3.05, 3.63) is 48.6 Å². The Labute approximate surface area is 350 Å². The molecule has 2 unspecified atom stereocenters. The summed E-state index contributed by atoms with van der Waals surface area (Å²) in [6, 6.07) is -0.648. The number of aliphatic hydroxyl groups is 2. The summed E-state index contributed by atoms with van der Waals surface area (Å²) in [6.07, 6.45) is 65.3. The van der Waals surface area contributed by atoms with E-state index < -0.39 is 12.1 Å². The van der Waals surface area contributed by atoms with Gasteiger partial charge >= 0.3 is 0 Å². The van der Waals surface area contributed by atoms with E-state index in [0.717, 1.165) is 38.5 Å². The quantitative estimate of drug-likeness (QED) is 0.0425. The van der Waals surface area contributed by atoms with Crippen molar-refractivity contribution in [2.45, 2.75) is 270 Å². The summed E-state index contributed by atoms with van der Waals surface area (Å²) < 4.78 is 0. The minimum atomic E-state index is -0.872. The molecule has 0 heterocycles. The van der Waals surface area contributed by atoms with Crippen LogP contribution in [0.25, 0.3) is 0 Å². The molecule has 328 valence electrons. The van der Waals surface area contributed by atoms with Gasteiger partial charge in [-0.3, -0.25) is 4.79 Å². The molecule has 2 atom stereocenters. The number of unbranched alkanes of at least 4 members (excludes halogenated alkanes) is 32. The Morgan fingerprint density at radius 1 is 0.411 bits per heavy atom. The summed E-state index contributed by atoms with van der Waals surface area (Å²) in [5.41, 5.74) is 0. The molecule has 0 spiro atoms. The molecule has 0 bridgehead atoms. The van der Waals surface area contributed by atoms with Gasteiger partial charge in [0.25, 0.3) is 0 Å². The Bertz CT molecular complexity index is 893. The maximum atomic E-state index is 12.4. The highest BCUT2D eigenvalue weighted by atomic mass is 16.3. The van der Waals surface area contributed by atoms with E-state index in [1.807, 2.05) is 6.08 Å². The van der Waals surface area contributed by atoms with E-state index in [0.29, 0.717) is 6.42 Å². The van der Waals surface area contributed by atoms with Crippen LogP contribution in [-0.4, -0.2) is 34.9 Å². The first-order valence-corrected chi connectivity index (χ1v) is 24.9. The Morgan fingerprint density at radius 3 is 1.04 bits per heavy atom. The number of aliphatic hydroxyl groups excluding tert-OH is 2. The predicted molar refractivity (Wildman–Crippen MR) is 248 cm³/mol. The number of carbonyl (C=O) groups is 1. The Kier molecular flexibility index (Phi) is 46.3. The Balaban J connectivity index is 3.59. The Morgan fingerprint density at radius 2 is 0.696 bits per heavy atom. The van der Waals surface area contributed by atoms with Crippen LogP contribution in [0.4, 0.5) is 0 Å². The van der Waals surface area contributed by atoms with Gasteiger partial charge in [0.15, 0.2) is 0 Å². The fraction of sp³-hybridized carbons (Fsp3) is 0.827. The van der Waals surface area contributed by atoms with Crippen molar-refractivity contribution < 1.29 is 15.0 Å². The molecule has 4 nitrogen and oxygen atoms in total. The number of amides is 1. The van der Waals surface area contributed by atoms with Crippen LogP contribution in [0.15, 0.2) is 48.6 Å². The van der Waals surface area contributed by atoms with Crippen molar-refractivity contribution in [3.63, 3.8) is 0 Å². The smallest absolute Gasteiger partial charge is 0.220 e. The zero-order valence-electron chi connectivity index (χ0n) is 37.7. The molecular formula is C52H97NO3. The van der Waals surface area contributed by atoms with Crippen LogP contribution < -0.4 is 5.32 Å². The lowest BCUT2D eigenvalue weighted by Crippen LogP contribution is -2.45. The molecule has 1 amide bonds. The summed E-state index contributed by atoms with van der Waals surface area (Å²) in [4.78, 5) is 12.4. The first-order valence-electron chi connectivity index (χ1n) is 24.9. The molecule has 0 aliphatic carbocycles. The summed E-state index contributed by atoms with van der Waals surface area (Å²) >= 11 is 0. The van der Waals surface area contributed by atoms with Gasteiger partial charge in [-0.15, -0.1) is 0 Å². The van der Waals surface area contributed by atoms with Crippen molar-refractivity contribution in [2.75, 3.05) is 6.61 Å². The normalized spacial score (nSPS) is 13.3. The monoisotopic (exact) mass is 784 g/mol. The molecular weight excluding hydrogens is 687 g/mol. The van der Waals surface area contributed by atoms with Gasteiger partial charge in [0, 0.05) is 6.42 Å². The van der Waals surface area contributed by atoms with Crippen molar-refractivity contribution in [2.24, 2.45) is 0 Å². The largest absolute Gasteiger partial charge is 0.394 e. The summed E-state index contributed by atoms with van der Waals surface area (Å²) in [6.45, 7) is 4.31. The van der Waals surface area contributed by atoms with E-state index in [1.165, 1.54) is 199 Å². The van der Waals surface area contributed by atoms with Crippen LogP contribution in [0, 0.1) is 0 Å². The highest BCUT2D eigenvalue weighted by molar-refractivity contribution is 5.76. The molecule has 56 heavy (non-hydrogen) atoms. The molecule has 0 saturated heterocycles. The summed E-state index contributed by atoms with van der Waals surface area (Å²) in [7, 11) is 0. The van der Waals surface area contributed by atoms with Gasteiger partial charge in [-0.2, -0.15) is 0 Å². The molecule has 0 aromatic rings. The Hall–Kier alpha value is -1.65. The van der Waals surface area contributed by atoms with Gasteiger partial charge in [-0.25, -0.2) is 0 Å². The van der Waals surface area contributed by atoms with Gasteiger partial charge < -0.3 is 15.5 Å². The van der Waals surface area contributed by atoms with Crippen molar-refractivity contribution in [1.82, 2.24) is 5.32 Å². The molecule has 0 saturated carbocycles. The van der Waals surface area contributed by atoms with Crippen molar-refractivity contribution in [3.8, 4) is 0 Å². The van der Waals surface area contributed by atoms with Crippen LogP contribution in [0.3, 0.4) is 0 Å². The molecule has 0 radical (unpaired) electrons. The van der Waals surface area contributed by atoms with Crippen molar-refractivity contribution in [1.29, 1.82) is 0 Å². The van der Waals surface area contributed by atoms with E-state index in [9.17, 15) is 15.0 Å². The molecule has 0 aromatic heterocycles. The minimum Gasteiger partial charge on any atom is -0.394 e. The number of rotatable bonds is 45. The maximum absolute atomic E-state index is 12.4. The van der Waals surface area contributed by atoms with Crippen LogP contribution in [0.1, 0.15) is 258 Å². The summed E-state index contributed by atoms with van der Waals surface area (Å²) in [5, 5.41) is 23.1. The number of hydrogen-bond acceptors (Lipinski definition) is 3. The first-order chi connectivity index (χ1) is 27.7. The second-order valence-corrected chi connectivity index (χ2v) is 16.9. The van der Waals surface area contributed by atoms with Gasteiger partial charge in [-0.1, -0.05) is 229 Å². The standard InChI is InChI=1S/C52H97NO3/c1-3-5-7-9-11-13-15-17-19-21-23-25-26-27-28-30-32-34-36-38-40-42-44-46-48-52(56)53-50(49-54)51(55)47-45-43-41-39-37-35-33-31-29-24-22-20-18-16-14-12-10-8-6-4-2/h27-29,31,37,39,45,47,50-51,54-55H,3-26,30,32-36,38,40-44,46,48-49H2,1-2H3,(H,53,56)/b28-27-,31-29+,39-37+,47-45+. The van der Waals surface area contributed by atoms with Gasteiger partial charge in [0.1, 0.15) is 0 Å². The van der Waals surface area contributed by atoms with E-state index in [2.05, 4.69) is 55.6 Å².